The van der Waals surface area contributed by atoms with Crippen LogP contribution >= 0.6 is 15.9 Å². The van der Waals surface area contributed by atoms with E-state index in [9.17, 15) is 4.79 Å². The molecule has 1 aromatic carbocycles. The van der Waals surface area contributed by atoms with Crippen LogP contribution < -0.4 is 10.2 Å². The first kappa shape index (κ1) is 11.5. The number of hydrogen-bond donors (Lipinski definition) is 0. The van der Waals surface area contributed by atoms with Crippen LogP contribution in [0.2, 0.25) is 0 Å². The van der Waals surface area contributed by atoms with Crippen molar-refractivity contribution < 1.29 is 4.74 Å². The topological polar surface area (TPSA) is 31.2 Å². The fraction of sp³-hybridized carbons (Fsp3) is 0.214. The Morgan fingerprint density at radius 3 is 2.83 bits per heavy atom. The SMILES string of the molecule is O=c1ccn(Cc2cc(Br)cc3c2OCC3)cc1. The summed E-state index contributed by atoms with van der Waals surface area (Å²) in [6.07, 6.45) is 4.56. The van der Waals surface area contributed by atoms with E-state index in [1.54, 1.807) is 24.5 Å². The van der Waals surface area contributed by atoms with Crippen LogP contribution in [0.1, 0.15) is 11.1 Å². The van der Waals surface area contributed by atoms with Crippen molar-refractivity contribution in [3.63, 3.8) is 0 Å². The van der Waals surface area contributed by atoms with Gasteiger partial charge in [0.05, 0.1) is 13.2 Å². The minimum absolute atomic E-state index is 0.0296. The molecule has 0 N–H and O–H groups in total. The largest absolute Gasteiger partial charge is 0.493 e. The van der Waals surface area contributed by atoms with Crippen molar-refractivity contribution in [1.82, 2.24) is 4.57 Å². The summed E-state index contributed by atoms with van der Waals surface area (Å²) >= 11 is 3.53. The Hall–Kier alpha value is -1.55. The molecule has 0 atom stereocenters. The van der Waals surface area contributed by atoms with Gasteiger partial charge in [-0.1, -0.05) is 15.9 Å². The zero-order valence-electron chi connectivity index (χ0n) is 9.73. The predicted octanol–water partition coefficient (Wildman–Crippen LogP) is 2.59. The van der Waals surface area contributed by atoms with Crippen LogP contribution in [0.25, 0.3) is 0 Å². The molecule has 0 saturated carbocycles. The molecule has 1 aliphatic heterocycles. The highest BCUT2D eigenvalue weighted by Crippen LogP contribution is 2.33. The Morgan fingerprint density at radius 1 is 1.28 bits per heavy atom. The van der Waals surface area contributed by atoms with E-state index in [4.69, 9.17) is 4.74 Å². The highest BCUT2D eigenvalue weighted by molar-refractivity contribution is 9.10. The van der Waals surface area contributed by atoms with E-state index >= 15 is 0 Å². The zero-order valence-corrected chi connectivity index (χ0v) is 11.3. The first-order valence-corrected chi connectivity index (χ1v) is 6.62. The number of benzene rings is 1. The molecule has 3 rings (SSSR count). The molecule has 18 heavy (non-hydrogen) atoms. The average Bonchev–Trinajstić information content (AvgIpc) is 2.80. The van der Waals surface area contributed by atoms with Crippen LogP contribution in [0.5, 0.6) is 5.75 Å². The molecule has 2 aromatic rings. The maximum atomic E-state index is 11.1. The van der Waals surface area contributed by atoms with E-state index in [0.29, 0.717) is 6.54 Å². The molecule has 1 aliphatic rings. The molecule has 3 nitrogen and oxygen atoms in total. The van der Waals surface area contributed by atoms with Crippen LogP contribution in [0.4, 0.5) is 0 Å². The number of aromatic nitrogens is 1. The minimum atomic E-state index is 0.0296. The first-order valence-electron chi connectivity index (χ1n) is 5.82. The number of ether oxygens (including phenoxy) is 1. The van der Waals surface area contributed by atoms with Crippen molar-refractivity contribution in [2.24, 2.45) is 0 Å². The summed E-state index contributed by atoms with van der Waals surface area (Å²) in [5.74, 6) is 0.997. The normalized spacial score (nSPS) is 13.2. The molecular formula is C14H12BrNO2. The molecule has 0 spiro atoms. The number of fused-ring (bicyclic) bond motifs is 1. The third-order valence-corrected chi connectivity index (χ3v) is 3.50. The molecule has 0 unspecified atom stereocenters. The Morgan fingerprint density at radius 2 is 2.06 bits per heavy atom. The van der Waals surface area contributed by atoms with Gasteiger partial charge in [0.25, 0.3) is 0 Å². The maximum absolute atomic E-state index is 11.1. The van der Waals surface area contributed by atoms with E-state index in [-0.39, 0.29) is 5.43 Å². The molecular weight excluding hydrogens is 294 g/mol. The van der Waals surface area contributed by atoms with Crippen molar-refractivity contribution >= 4 is 15.9 Å². The van der Waals surface area contributed by atoms with Gasteiger partial charge in [0, 0.05) is 41.0 Å². The summed E-state index contributed by atoms with van der Waals surface area (Å²) in [5, 5.41) is 0. The quantitative estimate of drug-likeness (QED) is 0.854. The molecule has 92 valence electrons. The van der Waals surface area contributed by atoms with Crippen LogP contribution in [0.15, 0.2) is 45.9 Å². The Labute approximate surface area is 113 Å². The third kappa shape index (κ3) is 2.20. The monoisotopic (exact) mass is 305 g/mol. The average molecular weight is 306 g/mol. The molecule has 0 saturated heterocycles. The molecule has 0 fully saturated rings. The van der Waals surface area contributed by atoms with Crippen LogP contribution in [-0.2, 0) is 13.0 Å². The van der Waals surface area contributed by atoms with E-state index in [0.717, 1.165) is 28.8 Å². The lowest BCUT2D eigenvalue weighted by Gasteiger charge is -2.11. The van der Waals surface area contributed by atoms with Crippen molar-refractivity contribution in [3.05, 3.63) is 62.5 Å². The van der Waals surface area contributed by atoms with Crippen LogP contribution in [-0.4, -0.2) is 11.2 Å². The van der Waals surface area contributed by atoms with Gasteiger partial charge in [-0.3, -0.25) is 4.79 Å². The Kier molecular flexibility index (Phi) is 2.96. The van der Waals surface area contributed by atoms with Gasteiger partial charge in [0.1, 0.15) is 5.75 Å². The highest BCUT2D eigenvalue weighted by atomic mass is 79.9. The van der Waals surface area contributed by atoms with Gasteiger partial charge in [0.2, 0.25) is 0 Å². The number of pyridine rings is 1. The second-order valence-corrected chi connectivity index (χ2v) is 5.27. The maximum Gasteiger partial charge on any atom is 0.181 e. The lowest BCUT2D eigenvalue weighted by atomic mass is 10.1. The van der Waals surface area contributed by atoms with Crippen molar-refractivity contribution in [2.45, 2.75) is 13.0 Å². The zero-order chi connectivity index (χ0) is 12.5. The Balaban J connectivity index is 1.97. The summed E-state index contributed by atoms with van der Waals surface area (Å²) < 4.78 is 8.73. The summed E-state index contributed by atoms with van der Waals surface area (Å²) in [7, 11) is 0. The van der Waals surface area contributed by atoms with E-state index < -0.39 is 0 Å². The first-order chi connectivity index (χ1) is 8.72. The summed E-state index contributed by atoms with van der Waals surface area (Å²) in [4.78, 5) is 11.1. The molecule has 0 bridgehead atoms. The Bertz CT molecular complexity index is 628. The molecule has 0 aliphatic carbocycles. The van der Waals surface area contributed by atoms with Crippen LogP contribution in [0, 0.1) is 0 Å². The van der Waals surface area contributed by atoms with Gasteiger partial charge in [0.15, 0.2) is 5.43 Å². The van der Waals surface area contributed by atoms with Crippen molar-refractivity contribution in [3.8, 4) is 5.75 Å². The molecule has 0 radical (unpaired) electrons. The standard InChI is InChI=1S/C14H12BrNO2/c15-12-7-10-3-6-18-14(10)11(8-12)9-16-4-1-13(17)2-5-16/h1-2,4-5,7-8H,3,6,9H2. The number of hydrogen-bond acceptors (Lipinski definition) is 2. The predicted molar refractivity (Wildman–Crippen MR) is 73.1 cm³/mol. The van der Waals surface area contributed by atoms with Crippen molar-refractivity contribution in [2.75, 3.05) is 6.61 Å². The lowest BCUT2D eigenvalue weighted by Crippen LogP contribution is -2.05. The molecule has 4 heteroatoms. The molecule has 1 aromatic heterocycles. The highest BCUT2D eigenvalue weighted by Gasteiger charge is 2.17. The van der Waals surface area contributed by atoms with E-state index in [1.807, 2.05) is 4.57 Å². The van der Waals surface area contributed by atoms with Gasteiger partial charge in [-0.2, -0.15) is 0 Å². The number of halogens is 1. The van der Waals surface area contributed by atoms with E-state index in [2.05, 4.69) is 28.1 Å². The molecule has 2 heterocycles. The van der Waals surface area contributed by atoms with Gasteiger partial charge in [-0.05, 0) is 17.7 Å². The van der Waals surface area contributed by atoms with E-state index in [1.165, 1.54) is 5.56 Å². The number of rotatable bonds is 2. The van der Waals surface area contributed by atoms with Crippen LogP contribution in [0.3, 0.4) is 0 Å². The minimum Gasteiger partial charge on any atom is -0.493 e. The third-order valence-electron chi connectivity index (χ3n) is 3.04. The summed E-state index contributed by atoms with van der Waals surface area (Å²) in [5.41, 5.74) is 2.42. The number of nitrogens with zero attached hydrogens (tertiary/aromatic N) is 1. The second kappa shape index (κ2) is 4.61. The fourth-order valence-electron chi connectivity index (χ4n) is 2.21. The fourth-order valence-corrected chi connectivity index (χ4v) is 2.76. The van der Waals surface area contributed by atoms with Gasteiger partial charge < -0.3 is 9.30 Å². The van der Waals surface area contributed by atoms with Gasteiger partial charge >= 0.3 is 0 Å². The summed E-state index contributed by atoms with van der Waals surface area (Å²) in [6.45, 7) is 1.46. The molecule has 0 amide bonds. The van der Waals surface area contributed by atoms with Gasteiger partial charge in [-0.25, -0.2) is 0 Å². The smallest absolute Gasteiger partial charge is 0.181 e. The second-order valence-electron chi connectivity index (χ2n) is 4.36. The van der Waals surface area contributed by atoms with Crippen molar-refractivity contribution in [1.29, 1.82) is 0 Å². The van der Waals surface area contributed by atoms with Gasteiger partial charge in [-0.15, -0.1) is 0 Å². The lowest BCUT2D eigenvalue weighted by molar-refractivity contribution is 0.352. The summed E-state index contributed by atoms with van der Waals surface area (Å²) in [6, 6.07) is 7.32.